The van der Waals surface area contributed by atoms with Gasteiger partial charge in [-0.1, -0.05) is 0 Å². The van der Waals surface area contributed by atoms with E-state index in [9.17, 15) is 0 Å². The van der Waals surface area contributed by atoms with Crippen LogP contribution in [0.3, 0.4) is 0 Å². The predicted octanol–water partition coefficient (Wildman–Crippen LogP) is 1.58. The fourth-order valence-corrected chi connectivity index (χ4v) is 0.843. The first-order valence-electron chi connectivity index (χ1n) is 2.81. The molecule has 0 radical (unpaired) electrons. The van der Waals surface area contributed by atoms with E-state index in [-0.39, 0.29) is 12.4 Å². The number of halogens is 1. The predicted molar refractivity (Wildman–Crippen MR) is 47.3 cm³/mol. The molecule has 1 rings (SSSR count). The number of benzene rings is 1. The van der Waals surface area contributed by atoms with Crippen LogP contribution in [-0.4, -0.2) is 0 Å². The van der Waals surface area contributed by atoms with E-state index in [1.165, 1.54) is 0 Å². The number of hydrogen-bond donors (Lipinski definition) is 2. The van der Waals surface area contributed by atoms with Crippen LogP contribution in [0.1, 0.15) is 5.56 Å². The van der Waals surface area contributed by atoms with Gasteiger partial charge in [-0.25, -0.2) is 0 Å². The molecule has 0 atom stereocenters. The summed E-state index contributed by atoms with van der Waals surface area (Å²) in [6, 6.07) is 5.51. The van der Waals surface area contributed by atoms with E-state index in [0.717, 1.165) is 16.9 Å². The van der Waals surface area contributed by atoms with Gasteiger partial charge in [-0.2, -0.15) is 0 Å². The molecule has 3 heteroatoms. The van der Waals surface area contributed by atoms with Gasteiger partial charge < -0.3 is 11.5 Å². The van der Waals surface area contributed by atoms with Crippen molar-refractivity contribution in [1.29, 1.82) is 0 Å². The van der Waals surface area contributed by atoms with Crippen molar-refractivity contribution in [2.75, 3.05) is 11.5 Å². The largest absolute Gasteiger partial charge is 0.399 e. The zero-order chi connectivity index (χ0) is 6.85. The normalized spacial score (nSPS) is 8.50. The van der Waals surface area contributed by atoms with E-state index in [0.29, 0.717) is 0 Å². The minimum atomic E-state index is 0. The Morgan fingerprint density at radius 2 is 1.40 bits per heavy atom. The highest BCUT2D eigenvalue weighted by Gasteiger charge is 1.88. The van der Waals surface area contributed by atoms with Gasteiger partial charge in [0.15, 0.2) is 0 Å². The number of hydrogen-bond acceptors (Lipinski definition) is 2. The second-order valence-electron chi connectivity index (χ2n) is 2.18. The Hall–Kier alpha value is -0.890. The summed E-state index contributed by atoms with van der Waals surface area (Å²) in [5.41, 5.74) is 13.5. The maximum atomic E-state index is 5.48. The fraction of sp³-hybridized carbons (Fsp3) is 0.143. The van der Waals surface area contributed by atoms with Crippen LogP contribution in [0, 0.1) is 6.92 Å². The van der Waals surface area contributed by atoms with Gasteiger partial charge in [-0.3, -0.25) is 0 Å². The molecular formula is C7H11ClN2. The summed E-state index contributed by atoms with van der Waals surface area (Å²) in [6.45, 7) is 1.96. The molecule has 0 saturated carbocycles. The Labute approximate surface area is 66.6 Å². The molecule has 1 aromatic rings. The maximum absolute atomic E-state index is 5.48. The molecule has 0 aliphatic carbocycles. The smallest absolute Gasteiger partial charge is 0.0337 e. The summed E-state index contributed by atoms with van der Waals surface area (Å²) < 4.78 is 0. The molecule has 0 aliphatic rings. The van der Waals surface area contributed by atoms with Crippen molar-refractivity contribution < 1.29 is 0 Å². The molecule has 0 bridgehead atoms. The standard InChI is InChI=1S/C7H10N2.ClH/c1-5-2-6(8)4-7(9)3-5;/h2-4H,8-9H2,1H3;1H. The van der Waals surface area contributed by atoms with Crippen LogP contribution < -0.4 is 11.5 Å². The van der Waals surface area contributed by atoms with E-state index >= 15 is 0 Å². The van der Waals surface area contributed by atoms with Crippen molar-refractivity contribution in [2.45, 2.75) is 6.92 Å². The molecule has 0 fully saturated rings. The molecule has 0 aromatic heterocycles. The number of anilines is 2. The first-order chi connectivity index (χ1) is 4.18. The lowest BCUT2D eigenvalue weighted by atomic mass is 10.2. The zero-order valence-electron chi connectivity index (χ0n) is 5.79. The molecule has 0 saturated heterocycles. The van der Waals surface area contributed by atoms with Crippen LogP contribution >= 0.6 is 12.4 Å². The third-order valence-electron chi connectivity index (χ3n) is 1.12. The highest BCUT2D eigenvalue weighted by Crippen LogP contribution is 2.11. The van der Waals surface area contributed by atoms with Gasteiger partial charge >= 0.3 is 0 Å². The second kappa shape index (κ2) is 3.32. The van der Waals surface area contributed by atoms with Crippen molar-refractivity contribution in [3.63, 3.8) is 0 Å². The summed E-state index contributed by atoms with van der Waals surface area (Å²) in [5, 5.41) is 0. The van der Waals surface area contributed by atoms with Crippen LogP contribution in [0.4, 0.5) is 11.4 Å². The summed E-state index contributed by atoms with van der Waals surface area (Å²) >= 11 is 0. The van der Waals surface area contributed by atoms with Gasteiger partial charge in [-0.05, 0) is 30.7 Å². The summed E-state index contributed by atoms with van der Waals surface area (Å²) in [5.74, 6) is 0. The topological polar surface area (TPSA) is 52.0 Å². The number of rotatable bonds is 0. The third-order valence-corrected chi connectivity index (χ3v) is 1.12. The first-order valence-corrected chi connectivity index (χ1v) is 2.81. The quantitative estimate of drug-likeness (QED) is 0.564. The Kier molecular flexibility index (Phi) is 3.03. The highest BCUT2D eigenvalue weighted by molar-refractivity contribution is 5.85. The van der Waals surface area contributed by atoms with Crippen molar-refractivity contribution in [3.8, 4) is 0 Å². The molecule has 10 heavy (non-hydrogen) atoms. The van der Waals surface area contributed by atoms with Crippen molar-refractivity contribution in [1.82, 2.24) is 0 Å². The average Bonchev–Trinajstić information content (AvgIpc) is 1.59. The summed E-state index contributed by atoms with van der Waals surface area (Å²) in [6.07, 6.45) is 0. The molecule has 0 heterocycles. The molecule has 2 nitrogen and oxygen atoms in total. The van der Waals surface area contributed by atoms with Crippen molar-refractivity contribution >= 4 is 23.8 Å². The minimum absolute atomic E-state index is 0. The lowest BCUT2D eigenvalue weighted by Crippen LogP contribution is -1.90. The second-order valence-corrected chi connectivity index (χ2v) is 2.18. The molecular weight excluding hydrogens is 148 g/mol. The maximum Gasteiger partial charge on any atom is 0.0337 e. The Morgan fingerprint density at radius 3 is 1.70 bits per heavy atom. The van der Waals surface area contributed by atoms with Crippen LogP contribution in [0.25, 0.3) is 0 Å². The number of nitrogen functional groups attached to an aromatic ring is 2. The van der Waals surface area contributed by atoms with E-state index in [1.807, 2.05) is 19.1 Å². The molecule has 4 N–H and O–H groups in total. The van der Waals surface area contributed by atoms with E-state index in [2.05, 4.69) is 0 Å². The van der Waals surface area contributed by atoms with Gasteiger partial charge in [0.1, 0.15) is 0 Å². The summed E-state index contributed by atoms with van der Waals surface area (Å²) in [7, 11) is 0. The van der Waals surface area contributed by atoms with Crippen LogP contribution in [0.2, 0.25) is 0 Å². The van der Waals surface area contributed by atoms with Gasteiger partial charge in [-0.15, -0.1) is 12.4 Å². The molecule has 0 unspecified atom stereocenters. The lowest BCUT2D eigenvalue weighted by molar-refractivity contribution is 1.47. The van der Waals surface area contributed by atoms with Gasteiger partial charge in [0.25, 0.3) is 0 Å². The van der Waals surface area contributed by atoms with Gasteiger partial charge in [0.2, 0.25) is 0 Å². The fourth-order valence-electron chi connectivity index (χ4n) is 0.843. The van der Waals surface area contributed by atoms with Crippen LogP contribution in [0.5, 0.6) is 0 Å². The van der Waals surface area contributed by atoms with Crippen LogP contribution in [-0.2, 0) is 0 Å². The first kappa shape index (κ1) is 9.11. The molecule has 1 aromatic carbocycles. The van der Waals surface area contributed by atoms with Crippen LogP contribution in [0.15, 0.2) is 18.2 Å². The van der Waals surface area contributed by atoms with E-state index in [1.54, 1.807) is 6.07 Å². The van der Waals surface area contributed by atoms with E-state index < -0.39 is 0 Å². The number of nitrogens with two attached hydrogens (primary N) is 2. The highest BCUT2D eigenvalue weighted by atomic mass is 35.5. The zero-order valence-corrected chi connectivity index (χ0v) is 6.61. The molecule has 56 valence electrons. The number of aryl methyl sites for hydroxylation is 1. The van der Waals surface area contributed by atoms with Gasteiger partial charge in [0, 0.05) is 11.4 Å². The Morgan fingerprint density at radius 1 is 1.00 bits per heavy atom. The molecule has 0 amide bonds. The Bertz CT molecular complexity index is 172. The summed E-state index contributed by atoms with van der Waals surface area (Å²) in [4.78, 5) is 0. The Balaban J connectivity index is 0.000000810. The lowest BCUT2D eigenvalue weighted by Gasteiger charge is -1.97. The molecule has 0 aliphatic heterocycles. The average molecular weight is 159 g/mol. The monoisotopic (exact) mass is 158 g/mol. The van der Waals surface area contributed by atoms with E-state index in [4.69, 9.17) is 11.5 Å². The van der Waals surface area contributed by atoms with Crippen molar-refractivity contribution in [2.24, 2.45) is 0 Å². The third kappa shape index (κ3) is 2.15. The minimum Gasteiger partial charge on any atom is -0.399 e. The SMILES string of the molecule is Cc1cc(N)cc(N)c1.Cl. The molecule has 0 spiro atoms. The van der Waals surface area contributed by atoms with Crippen molar-refractivity contribution in [3.05, 3.63) is 23.8 Å². The van der Waals surface area contributed by atoms with Gasteiger partial charge in [0.05, 0.1) is 0 Å².